The van der Waals surface area contributed by atoms with Crippen molar-refractivity contribution in [3.8, 4) is 0 Å². The van der Waals surface area contributed by atoms with E-state index in [1.807, 2.05) is 13.1 Å². The van der Waals surface area contributed by atoms with Crippen molar-refractivity contribution in [2.45, 2.75) is 26.3 Å². The van der Waals surface area contributed by atoms with Crippen molar-refractivity contribution >= 4 is 17.3 Å². The number of methoxy groups -OCH3 is 1. The van der Waals surface area contributed by atoms with Crippen molar-refractivity contribution in [1.29, 1.82) is 0 Å². The number of ether oxygens (including phenoxy) is 1. The molecule has 1 unspecified atom stereocenters. The molecule has 1 N–H and O–H groups in total. The zero-order valence-corrected chi connectivity index (χ0v) is 10.1. The quantitative estimate of drug-likeness (QED) is 0.776. The van der Waals surface area contributed by atoms with Crippen molar-refractivity contribution in [2.75, 3.05) is 13.7 Å². The molecule has 84 valence electrons. The Morgan fingerprint density at radius 3 is 3.00 bits per heavy atom. The van der Waals surface area contributed by atoms with E-state index in [2.05, 4.69) is 22.0 Å². The highest BCUT2D eigenvalue weighted by atomic mass is 32.1. The maximum Gasteiger partial charge on any atom is 0.319 e. The Morgan fingerprint density at radius 1 is 1.73 bits per heavy atom. The standard InChI is InChI=1S/C10H16N2O2S/c1-4-8-5-12-10(15-8)7(2)11-6-9(13)14-3/h5,7,11H,4,6H2,1-3H3. The highest BCUT2D eigenvalue weighted by Crippen LogP contribution is 2.19. The van der Waals surface area contributed by atoms with Gasteiger partial charge in [0, 0.05) is 11.1 Å². The Kier molecular flexibility index (Phi) is 4.71. The van der Waals surface area contributed by atoms with Crippen LogP contribution in [0.4, 0.5) is 0 Å². The average molecular weight is 228 g/mol. The second-order valence-corrected chi connectivity index (χ2v) is 4.34. The number of hydrogen-bond donors (Lipinski definition) is 1. The molecule has 0 saturated carbocycles. The van der Waals surface area contributed by atoms with Crippen LogP contribution >= 0.6 is 11.3 Å². The number of esters is 1. The molecular weight excluding hydrogens is 212 g/mol. The molecule has 0 aliphatic heterocycles. The Hall–Kier alpha value is -0.940. The van der Waals surface area contributed by atoms with E-state index in [0.717, 1.165) is 11.4 Å². The zero-order chi connectivity index (χ0) is 11.3. The molecule has 0 aromatic carbocycles. The lowest BCUT2D eigenvalue weighted by molar-refractivity contribution is -0.139. The summed E-state index contributed by atoms with van der Waals surface area (Å²) in [5, 5.41) is 4.07. The molecule has 0 amide bonds. The van der Waals surface area contributed by atoms with Gasteiger partial charge in [0.2, 0.25) is 0 Å². The summed E-state index contributed by atoms with van der Waals surface area (Å²) >= 11 is 1.67. The van der Waals surface area contributed by atoms with Crippen LogP contribution in [0.2, 0.25) is 0 Å². The summed E-state index contributed by atoms with van der Waals surface area (Å²) in [6, 6.07) is 0.0920. The first-order valence-electron chi connectivity index (χ1n) is 4.92. The third-order valence-electron chi connectivity index (χ3n) is 2.07. The molecule has 1 atom stereocenters. The van der Waals surface area contributed by atoms with Crippen molar-refractivity contribution < 1.29 is 9.53 Å². The fraction of sp³-hybridized carbons (Fsp3) is 0.600. The van der Waals surface area contributed by atoms with E-state index in [1.165, 1.54) is 12.0 Å². The Balaban J connectivity index is 2.46. The van der Waals surface area contributed by atoms with Crippen LogP contribution in [-0.2, 0) is 16.0 Å². The van der Waals surface area contributed by atoms with Gasteiger partial charge in [-0.15, -0.1) is 11.3 Å². The lowest BCUT2D eigenvalue weighted by atomic mass is 10.3. The van der Waals surface area contributed by atoms with Gasteiger partial charge in [0.15, 0.2) is 0 Å². The second-order valence-electron chi connectivity index (χ2n) is 3.20. The number of nitrogens with zero attached hydrogens (tertiary/aromatic N) is 1. The number of aryl methyl sites for hydroxylation is 1. The molecule has 1 aromatic heterocycles. The first-order valence-corrected chi connectivity index (χ1v) is 5.73. The summed E-state index contributed by atoms with van der Waals surface area (Å²) < 4.78 is 4.54. The van der Waals surface area contributed by atoms with E-state index in [-0.39, 0.29) is 18.6 Å². The normalized spacial score (nSPS) is 12.5. The van der Waals surface area contributed by atoms with Gasteiger partial charge in [-0.05, 0) is 13.3 Å². The van der Waals surface area contributed by atoms with Gasteiger partial charge in [-0.1, -0.05) is 6.92 Å². The Morgan fingerprint density at radius 2 is 2.47 bits per heavy atom. The van der Waals surface area contributed by atoms with Crippen LogP contribution in [0, 0.1) is 0 Å². The van der Waals surface area contributed by atoms with E-state index in [9.17, 15) is 4.79 Å². The minimum atomic E-state index is -0.255. The Labute approximate surface area is 93.7 Å². The van der Waals surface area contributed by atoms with Crippen molar-refractivity contribution in [3.63, 3.8) is 0 Å². The smallest absolute Gasteiger partial charge is 0.319 e. The topological polar surface area (TPSA) is 51.2 Å². The fourth-order valence-electron chi connectivity index (χ4n) is 1.08. The molecule has 15 heavy (non-hydrogen) atoms. The molecular formula is C10H16N2O2S. The summed E-state index contributed by atoms with van der Waals surface area (Å²) in [4.78, 5) is 16.5. The summed E-state index contributed by atoms with van der Waals surface area (Å²) in [6.07, 6.45) is 2.89. The highest BCUT2D eigenvalue weighted by Gasteiger charge is 2.11. The van der Waals surface area contributed by atoms with Crippen molar-refractivity contribution in [2.24, 2.45) is 0 Å². The van der Waals surface area contributed by atoms with Crippen LogP contribution in [0.5, 0.6) is 0 Å². The summed E-state index contributed by atoms with van der Waals surface area (Å²) in [7, 11) is 1.38. The molecule has 1 aromatic rings. The monoisotopic (exact) mass is 228 g/mol. The van der Waals surface area contributed by atoms with Crippen LogP contribution < -0.4 is 5.32 Å². The van der Waals surface area contributed by atoms with Gasteiger partial charge in [0.25, 0.3) is 0 Å². The molecule has 0 fully saturated rings. The fourth-order valence-corrected chi connectivity index (χ4v) is 1.97. The number of carbonyl (C=O) groups excluding carboxylic acids is 1. The van der Waals surface area contributed by atoms with E-state index in [1.54, 1.807) is 11.3 Å². The van der Waals surface area contributed by atoms with E-state index in [4.69, 9.17) is 0 Å². The van der Waals surface area contributed by atoms with Crippen LogP contribution in [0.15, 0.2) is 6.20 Å². The molecule has 1 heterocycles. The van der Waals surface area contributed by atoms with Crippen LogP contribution in [0.25, 0.3) is 0 Å². The maximum absolute atomic E-state index is 10.9. The van der Waals surface area contributed by atoms with Gasteiger partial charge >= 0.3 is 5.97 Å². The first-order chi connectivity index (χ1) is 7.17. The molecule has 0 radical (unpaired) electrons. The minimum absolute atomic E-state index is 0.0920. The molecule has 4 nitrogen and oxygen atoms in total. The first kappa shape index (κ1) is 12.1. The van der Waals surface area contributed by atoms with Crippen LogP contribution in [0.1, 0.15) is 29.8 Å². The summed E-state index contributed by atoms with van der Waals surface area (Å²) in [5.74, 6) is -0.255. The molecule has 5 heteroatoms. The van der Waals surface area contributed by atoms with Gasteiger partial charge in [0.05, 0.1) is 19.7 Å². The zero-order valence-electron chi connectivity index (χ0n) is 9.24. The molecule has 1 rings (SSSR count). The van der Waals surface area contributed by atoms with Gasteiger partial charge in [0.1, 0.15) is 5.01 Å². The number of rotatable bonds is 5. The van der Waals surface area contributed by atoms with Gasteiger partial charge in [-0.3, -0.25) is 10.1 Å². The van der Waals surface area contributed by atoms with Gasteiger partial charge in [-0.2, -0.15) is 0 Å². The van der Waals surface area contributed by atoms with Crippen LogP contribution in [0.3, 0.4) is 0 Å². The molecule has 0 spiro atoms. The molecule has 0 bridgehead atoms. The molecule has 0 aliphatic rings. The number of thiazole rings is 1. The van der Waals surface area contributed by atoms with Crippen molar-refractivity contribution in [1.82, 2.24) is 10.3 Å². The Bertz CT molecular complexity index is 325. The molecule has 0 aliphatic carbocycles. The second kappa shape index (κ2) is 5.82. The highest BCUT2D eigenvalue weighted by molar-refractivity contribution is 7.11. The summed E-state index contributed by atoms with van der Waals surface area (Å²) in [5.41, 5.74) is 0. The van der Waals surface area contributed by atoms with Gasteiger partial charge < -0.3 is 4.74 Å². The number of carbonyl (C=O) groups is 1. The van der Waals surface area contributed by atoms with E-state index >= 15 is 0 Å². The molecule has 0 saturated heterocycles. The summed E-state index contributed by atoms with van der Waals surface area (Å²) in [6.45, 7) is 4.31. The lowest BCUT2D eigenvalue weighted by Crippen LogP contribution is -2.26. The minimum Gasteiger partial charge on any atom is -0.468 e. The number of aromatic nitrogens is 1. The van der Waals surface area contributed by atoms with Gasteiger partial charge in [-0.25, -0.2) is 4.98 Å². The number of hydrogen-bond acceptors (Lipinski definition) is 5. The largest absolute Gasteiger partial charge is 0.468 e. The predicted molar refractivity (Wildman–Crippen MR) is 59.9 cm³/mol. The number of nitrogens with one attached hydrogen (secondary N) is 1. The van der Waals surface area contributed by atoms with Crippen molar-refractivity contribution in [3.05, 3.63) is 16.1 Å². The lowest BCUT2D eigenvalue weighted by Gasteiger charge is -2.09. The SMILES string of the molecule is CCc1cnc(C(C)NCC(=O)OC)s1. The van der Waals surface area contributed by atoms with E-state index < -0.39 is 0 Å². The average Bonchev–Trinajstić information content (AvgIpc) is 2.73. The third kappa shape index (κ3) is 3.60. The van der Waals surface area contributed by atoms with E-state index in [0.29, 0.717) is 0 Å². The third-order valence-corrected chi connectivity index (χ3v) is 3.39. The predicted octanol–water partition coefficient (Wildman–Crippen LogP) is 1.53. The maximum atomic E-state index is 10.9. The van der Waals surface area contributed by atoms with Crippen LogP contribution in [-0.4, -0.2) is 24.6 Å².